The second kappa shape index (κ2) is 12.1. The predicted molar refractivity (Wildman–Crippen MR) is 139 cm³/mol. The van der Waals surface area contributed by atoms with E-state index in [1.54, 1.807) is 19.1 Å². The second-order valence-electron chi connectivity index (χ2n) is 8.98. The fourth-order valence-corrected chi connectivity index (χ4v) is 5.19. The Balaban J connectivity index is 1.89. The minimum Gasteiger partial charge on any atom is -0.493 e. The zero-order chi connectivity index (χ0) is 26.3. The van der Waals surface area contributed by atoms with Crippen molar-refractivity contribution in [3.05, 3.63) is 54.1 Å². The van der Waals surface area contributed by atoms with Crippen LogP contribution in [0.2, 0.25) is 0 Å². The smallest absolute Gasteiger partial charge is 0.244 e. The molecule has 2 aromatic carbocycles. The molecule has 1 aliphatic rings. The van der Waals surface area contributed by atoms with E-state index < -0.39 is 28.5 Å². The van der Waals surface area contributed by atoms with Crippen molar-refractivity contribution in [3.63, 3.8) is 0 Å². The van der Waals surface area contributed by atoms with Crippen molar-refractivity contribution in [2.45, 2.75) is 51.2 Å². The molecule has 0 heterocycles. The zero-order valence-corrected chi connectivity index (χ0v) is 22.1. The molecule has 9 nitrogen and oxygen atoms in total. The van der Waals surface area contributed by atoms with Crippen molar-refractivity contribution in [1.29, 1.82) is 0 Å². The van der Waals surface area contributed by atoms with Gasteiger partial charge in [0.1, 0.15) is 12.6 Å². The highest BCUT2D eigenvalue weighted by Gasteiger charge is 2.31. The number of sulfonamides is 1. The summed E-state index contributed by atoms with van der Waals surface area (Å²) in [6, 6.07) is 13.3. The summed E-state index contributed by atoms with van der Waals surface area (Å²) in [6.07, 6.45) is 5.02. The summed E-state index contributed by atoms with van der Waals surface area (Å²) in [5.41, 5.74) is 1.09. The lowest BCUT2D eigenvalue weighted by atomic mass is 10.1. The Morgan fingerprint density at radius 1 is 1.03 bits per heavy atom. The largest absolute Gasteiger partial charge is 0.493 e. The van der Waals surface area contributed by atoms with E-state index in [2.05, 4.69) is 5.32 Å². The first-order valence-electron chi connectivity index (χ1n) is 12.0. The average molecular weight is 518 g/mol. The van der Waals surface area contributed by atoms with Crippen LogP contribution in [0.3, 0.4) is 0 Å². The number of rotatable bonds is 11. The monoisotopic (exact) mass is 517 g/mol. The Morgan fingerprint density at radius 2 is 1.67 bits per heavy atom. The van der Waals surface area contributed by atoms with Gasteiger partial charge in [0.25, 0.3) is 0 Å². The number of nitrogens with one attached hydrogen (secondary N) is 1. The molecular formula is C26H35N3O6S. The number of amides is 2. The van der Waals surface area contributed by atoms with Gasteiger partial charge in [0.15, 0.2) is 11.5 Å². The summed E-state index contributed by atoms with van der Waals surface area (Å²) in [5, 5.41) is 3.05. The molecule has 0 aromatic heterocycles. The number of nitrogens with zero attached hydrogens (tertiary/aromatic N) is 2. The third kappa shape index (κ3) is 6.90. The average Bonchev–Trinajstić information content (AvgIpc) is 3.37. The first kappa shape index (κ1) is 27.3. The van der Waals surface area contributed by atoms with Crippen LogP contribution in [0, 0.1) is 0 Å². The number of carbonyl (C=O) groups excluding carboxylic acids is 2. The van der Waals surface area contributed by atoms with E-state index in [-0.39, 0.29) is 24.2 Å². The predicted octanol–water partition coefficient (Wildman–Crippen LogP) is 2.95. The van der Waals surface area contributed by atoms with E-state index in [4.69, 9.17) is 9.47 Å². The van der Waals surface area contributed by atoms with E-state index in [0.29, 0.717) is 11.5 Å². The Bertz CT molecular complexity index is 1150. The van der Waals surface area contributed by atoms with Crippen molar-refractivity contribution >= 4 is 27.5 Å². The van der Waals surface area contributed by atoms with Crippen LogP contribution in [0.25, 0.3) is 0 Å². The highest BCUT2D eigenvalue weighted by molar-refractivity contribution is 7.92. The number of methoxy groups -OCH3 is 2. The summed E-state index contributed by atoms with van der Waals surface area (Å²) in [5.74, 6) is 0.0295. The molecule has 3 rings (SSSR count). The van der Waals surface area contributed by atoms with Crippen molar-refractivity contribution in [3.8, 4) is 11.5 Å². The fourth-order valence-electron chi connectivity index (χ4n) is 4.35. The quantitative estimate of drug-likeness (QED) is 0.491. The maximum absolute atomic E-state index is 13.6. The Labute approximate surface area is 213 Å². The molecule has 0 saturated heterocycles. The van der Waals surface area contributed by atoms with Crippen LogP contribution in [0.15, 0.2) is 48.5 Å². The van der Waals surface area contributed by atoms with Crippen LogP contribution in [-0.2, 0) is 26.2 Å². The van der Waals surface area contributed by atoms with Crippen molar-refractivity contribution in [2.24, 2.45) is 0 Å². The summed E-state index contributed by atoms with van der Waals surface area (Å²) >= 11 is 0. The first-order chi connectivity index (χ1) is 17.1. The number of hydrogen-bond acceptors (Lipinski definition) is 6. The molecule has 0 aliphatic heterocycles. The Kier molecular flexibility index (Phi) is 9.19. The Morgan fingerprint density at radius 3 is 2.25 bits per heavy atom. The van der Waals surface area contributed by atoms with Gasteiger partial charge < -0.3 is 19.7 Å². The van der Waals surface area contributed by atoms with Crippen LogP contribution in [0.5, 0.6) is 11.5 Å². The number of carbonyl (C=O) groups is 2. The maximum Gasteiger partial charge on any atom is 0.244 e. The van der Waals surface area contributed by atoms with Gasteiger partial charge in [-0.1, -0.05) is 43.2 Å². The molecule has 2 aromatic rings. The topological polar surface area (TPSA) is 105 Å². The van der Waals surface area contributed by atoms with E-state index in [1.807, 2.05) is 30.3 Å². The highest BCUT2D eigenvalue weighted by atomic mass is 32.2. The standard InChI is InChI=1S/C26H35N3O6S/c1-19(26(31)27-21-12-8-9-13-21)28(17-20-10-6-5-7-11-20)25(30)18-29(36(4,32)33)22-14-15-23(34-2)24(16-22)35-3/h5-7,10-11,14-16,19,21H,8-9,12-13,17-18H2,1-4H3,(H,27,31). The lowest BCUT2D eigenvalue weighted by Gasteiger charge is -2.32. The number of ether oxygens (including phenoxy) is 2. The van der Waals surface area contributed by atoms with Crippen LogP contribution in [0.1, 0.15) is 38.2 Å². The lowest BCUT2D eigenvalue weighted by Crippen LogP contribution is -2.52. The SMILES string of the molecule is COc1ccc(N(CC(=O)N(Cc2ccccc2)C(C)C(=O)NC2CCCC2)S(C)(=O)=O)cc1OC. The van der Waals surface area contributed by atoms with Gasteiger partial charge in [0.2, 0.25) is 21.8 Å². The summed E-state index contributed by atoms with van der Waals surface area (Å²) in [4.78, 5) is 28.1. The molecule has 1 saturated carbocycles. The minimum atomic E-state index is -3.84. The molecular weight excluding hydrogens is 482 g/mol. The molecule has 36 heavy (non-hydrogen) atoms. The van der Waals surface area contributed by atoms with E-state index in [9.17, 15) is 18.0 Å². The molecule has 1 N–H and O–H groups in total. The number of hydrogen-bond donors (Lipinski definition) is 1. The van der Waals surface area contributed by atoms with Crippen LogP contribution in [0.4, 0.5) is 5.69 Å². The van der Waals surface area contributed by atoms with Gasteiger partial charge in [-0.05, 0) is 37.5 Å². The Hall–Kier alpha value is -3.27. The molecule has 0 spiro atoms. The van der Waals surface area contributed by atoms with Gasteiger partial charge in [-0.3, -0.25) is 13.9 Å². The van der Waals surface area contributed by atoms with Crippen molar-refractivity contribution in [2.75, 3.05) is 31.3 Å². The second-order valence-corrected chi connectivity index (χ2v) is 10.9. The van der Waals surface area contributed by atoms with Gasteiger partial charge in [-0.2, -0.15) is 0 Å². The van der Waals surface area contributed by atoms with Gasteiger partial charge in [-0.15, -0.1) is 0 Å². The zero-order valence-electron chi connectivity index (χ0n) is 21.3. The van der Waals surface area contributed by atoms with Gasteiger partial charge in [0.05, 0.1) is 26.2 Å². The minimum absolute atomic E-state index is 0.105. The molecule has 1 unspecified atom stereocenters. The third-order valence-electron chi connectivity index (χ3n) is 6.40. The molecule has 1 atom stereocenters. The van der Waals surface area contributed by atoms with Crippen molar-refractivity contribution < 1.29 is 27.5 Å². The fraction of sp³-hybridized carbons (Fsp3) is 0.462. The van der Waals surface area contributed by atoms with Gasteiger partial charge in [0, 0.05) is 18.7 Å². The van der Waals surface area contributed by atoms with Crippen molar-refractivity contribution in [1.82, 2.24) is 10.2 Å². The van der Waals surface area contributed by atoms with E-state index >= 15 is 0 Å². The molecule has 0 bridgehead atoms. The number of anilines is 1. The van der Waals surface area contributed by atoms with E-state index in [1.165, 1.54) is 25.2 Å². The van der Waals surface area contributed by atoms with Crippen LogP contribution < -0.4 is 19.1 Å². The molecule has 0 radical (unpaired) electrons. The number of benzene rings is 2. The normalized spacial score (nSPS) is 14.7. The maximum atomic E-state index is 13.6. The summed E-state index contributed by atoms with van der Waals surface area (Å²) in [7, 11) is -0.910. The van der Waals surface area contributed by atoms with Crippen LogP contribution >= 0.6 is 0 Å². The summed E-state index contributed by atoms with van der Waals surface area (Å²) in [6.45, 7) is 1.37. The highest BCUT2D eigenvalue weighted by Crippen LogP contribution is 2.32. The summed E-state index contributed by atoms with van der Waals surface area (Å²) < 4.78 is 37.0. The molecule has 1 fully saturated rings. The van der Waals surface area contributed by atoms with Crippen LogP contribution in [-0.4, -0.2) is 64.2 Å². The molecule has 1 aliphatic carbocycles. The molecule has 2 amide bonds. The molecule has 196 valence electrons. The van der Waals surface area contributed by atoms with E-state index in [0.717, 1.165) is 41.8 Å². The van der Waals surface area contributed by atoms with Gasteiger partial charge in [-0.25, -0.2) is 8.42 Å². The first-order valence-corrected chi connectivity index (χ1v) is 13.8. The molecule has 10 heteroatoms. The third-order valence-corrected chi connectivity index (χ3v) is 7.54. The lowest BCUT2D eigenvalue weighted by molar-refractivity contribution is -0.139. The van der Waals surface area contributed by atoms with Gasteiger partial charge >= 0.3 is 0 Å².